The summed E-state index contributed by atoms with van der Waals surface area (Å²) in [5.41, 5.74) is 1.20. The molecule has 0 radical (unpaired) electrons. The summed E-state index contributed by atoms with van der Waals surface area (Å²) in [6, 6.07) is 8.01. The second-order valence-electron chi connectivity index (χ2n) is 6.72. The van der Waals surface area contributed by atoms with Crippen LogP contribution in [-0.2, 0) is 30.2 Å². The van der Waals surface area contributed by atoms with Gasteiger partial charge in [-0.15, -0.1) is 0 Å². The molecule has 1 fully saturated rings. The molecule has 6 nitrogen and oxygen atoms in total. The largest absolute Gasteiger partial charge is 0.494 e. The van der Waals surface area contributed by atoms with E-state index in [4.69, 9.17) is 18.9 Å². The van der Waals surface area contributed by atoms with Gasteiger partial charge in [0.2, 0.25) is 0 Å². The highest BCUT2D eigenvalue weighted by atomic mass is 16.7. The van der Waals surface area contributed by atoms with Gasteiger partial charge >= 0.3 is 5.97 Å². The SMILES string of the molecule is CC(=O)CC(=O)OCCCCOc1ccc(CCOC2CCCCO2)cc1. The van der Waals surface area contributed by atoms with Crippen LogP contribution in [0.15, 0.2) is 24.3 Å². The molecule has 1 aromatic rings. The standard InChI is InChI=1S/C21H30O6/c1-17(22)16-20(23)25-13-5-4-12-24-19-9-7-18(8-10-19)11-15-27-21-6-2-3-14-26-21/h7-10,21H,2-6,11-16H2,1H3. The number of esters is 1. The van der Waals surface area contributed by atoms with E-state index in [1.165, 1.54) is 18.9 Å². The minimum Gasteiger partial charge on any atom is -0.494 e. The summed E-state index contributed by atoms with van der Waals surface area (Å²) in [7, 11) is 0. The Bertz CT molecular complexity index is 563. The number of carbonyl (C=O) groups is 2. The second-order valence-corrected chi connectivity index (χ2v) is 6.72. The number of benzene rings is 1. The first-order valence-corrected chi connectivity index (χ1v) is 9.73. The van der Waals surface area contributed by atoms with Crippen molar-refractivity contribution in [2.75, 3.05) is 26.4 Å². The summed E-state index contributed by atoms with van der Waals surface area (Å²) < 4.78 is 22.0. The fourth-order valence-corrected chi connectivity index (χ4v) is 2.74. The molecule has 0 saturated carbocycles. The van der Waals surface area contributed by atoms with Gasteiger partial charge in [0.05, 0.1) is 19.8 Å². The lowest BCUT2D eigenvalue weighted by molar-refractivity contribution is -0.161. The normalized spacial score (nSPS) is 16.7. The molecule has 0 amide bonds. The van der Waals surface area contributed by atoms with E-state index in [1.54, 1.807) is 0 Å². The number of unbranched alkanes of at least 4 members (excludes halogenated alkanes) is 1. The average molecular weight is 378 g/mol. The molecule has 1 heterocycles. The molecule has 1 saturated heterocycles. The van der Waals surface area contributed by atoms with Crippen molar-refractivity contribution in [2.45, 2.75) is 58.2 Å². The van der Waals surface area contributed by atoms with Crippen molar-refractivity contribution >= 4 is 11.8 Å². The van der Waals surface area contributed by atoms with Crippen LogP contribution in [-0.4, -0.2) is 44.5 Å². The van der Waals surface area contributed by atoms with Crippen molar-refractivity contribution in [2.24, 2.45) is 0 Å². The first-order valence-electron chi connectivity index (χ1n) is 9.73. The van der Waals surface area contributed by atoms with Crippen molar-refractivity contribution in [3.05, 3.63) is 29.8 Å². The van der Waals surface area contributed by atoms with Gasteiger partial charge in [0, 0.05) is 6.61 Å². The molecule has 1 aromatic carbocycles. The minimum absolute atomic E-state index is 0.0388. The summed E-state index contributed by atoms with van der Waals surface area (Å²) in [6.45, 7) is 3.72. The third kappa shape index (κ3) is 9.54. The molecular weight excluding hydrogens is 348 g/mol. The molecule has 6 heteroatoms. The molecule has 0 N–H and O–H groups in total. The van der Waals surface area contributed by atoms with Crippen molar-refractivity contribution in [3.63, 3.8) is 0 Å². The summed E-state index contributed by atoms with van der Waals surface area (Å²) in [4.78, 5) is 22.0. The monoisotopic (exact) mass is 378 g/mol. The van der Waals surface area contributed by atoms with Crippen molar-refractivity contribution < 1.29 is 28.5 Å². The fraction of sp³-hybridized carbons (Fsp3) is 0.619. The van der Waals surface area contributed by atoms with Crippen LogP contribution >= 0.6 is 0 Å². The highest BCUT2D eigenvalue weighted by molar-refractivity contribution is 5.94. The quantitative estimate of drug-likeness (QED) is 0.315. The average Bonchev–Trinajstić information content (AvgIpc) is 2.66. The van der Waals surface area contributed by atoms with Gasteiger partial charge in [0.1, 0.15) is 18.0 Å². The van der Waals surface area contributed by atoms with Crippen LogP contribution in [0.25, 0.3) is 0 Å². The lowest BCUT2D eigenvalue weighted by Crippen LogP contribution is -2.23. The first kappa shape index (κ1) is 21.4. The maximum Gasteiger partial charge on any atom is 0.313 e. The zero-order valence-electron chi connectivity index (χ0n) is 16.1. The van der Waals surface area contributed by atoms with E-state index in [-0.39, 0.29) is 18.5 Å². The van der Waals surface area contributed by atoms with Gasteiger partial charge in [-0.05, 0) is 63.1 Å². The Hall–Kier alpha value is -1.92. The van der Waals surface area contributed by atoms with Gasteiger partial charge in [-0.2, -0.15) is 0 Å². The third-order valence-corrected chi connectivity index (χ3v) is 4.22. The van der Waals surface area contributed by atoms with Gasteiger partial charge in [0.15, 0.2) is 6.29 Å². The Morgan fingerprint density at radius 3 is 2.56 bits per heavy atom. The van der Waals surface area contributed by atoms with E-state index in [0.717, 1.165) is 38.0 Å². The van der Waals surface area contributed by atoms with E-state index < -0.39 is 5.97 Å². The summed E-state index contributed by atoms with van der Waals surface area (Å²) >= 11 is 0. The molecule has 0 bridgehead atoms. The van der Waals surface area contributed by atoms with Gasteiger partial charge in [-0.1, -0.05) is 12.1 Å². The number of Topliss-reactive ketones (excluding diaryl/α,β-unsaturated/α-hetero) is 1. The molecule has 0 spiro atoms. The van der Waals surface area contributed by atoms with Crippen LogP contribution in [0, 0.1) is 0 Å². The molecule has 1 aliphatic rings. The highest BCUT2D eigenvalue weighted by Gasteiger charge is 2.13. The maximum absolute atomic E-state index is 11.2. The lowest BCUT2D eigenvalue weighted by Gasteiger charge is -2.22. The van der Waals surface area contributed by atoms with Crippen molar-refractivity contribution in [3.8, 4) is 5.75 Å². The molecule has 150 valence electrons. The van der Waals surface area contributed by atoms with Crippen LogP contribution < -0.4 is 4.74 Å². The second kappa shape index (κ2) is 12.5. The number of ether oxygens (including phenoxy) is 4. The molecule has 1 atom stereocenters. The number of hydrogen-bond acceptors (Lipinski definition) is 6. The Labute approximate surface area is 161 Å². The predicted octanol–water partition coefficient (Wildman–Crippen LogP) is 3.45. The number of rotatable bonds is 12. The molecule has 1 unspecified atom stereocenters. The number of carbonyl (C=O) groups excluding carboxylic acids is 2. The fourth-order valence-electron chi connectivity index (χ4n) is 2.74. The molecule has 1 aliphatic heterocycles. The zero-order valence-corrected chi connectivity index (χ0v) is 16.1. The van der Waals surface area contributed by atoms with E-state index in [2.05, 4.69) is 0 Å². The lowest BCUT2D eigenvalue weighted by atomic mass is 10.1. The van der Waals surface area contributed by atoms with Crippen molar-refractivity contribution in [1.82, 2.24) is 0 Å². The van der Waals surface area contributed by atoms with E-state index in [9.17, 15) is 9.59 Å². The van der Waals surface area contributed by atoms with Gasteiger partial charge in [-0.25, -0.2) is 0 Å². The van der Waals surface area contributed by atoms with Crippen LogP contribution in [0.3, 0.4) is 0 Å². The molecule has 27 heavy (non-hydrogen) atoms. The summed E-state index contributed by atoms with van der Waals surface area (Å²) in [5, 5.41) is 0. The van der Waals surface area contributed by atoms with E-state index in [1.807, 2.05) is 24.3 Å². The van der Waals surface area contributed by atoms with Crippen molar-refractivity contribution in [1.29, 1.82) is 0 Å². The number of ketones is 1. The van der Waals surface area contributed by atoms with Gasteiger partial charge < -0.3 is 18.9 Å². The molecule has 0 aromatic heterocycles. The van der Waals surface area contributed by atoms with Gasteiger partial charge in [-0.3, -0.25) is 9.59 Å². The molecule has 2 rings (SSSR count). The summed E-state index contributed by atoms with van der Waals surface area (Å²) in [5.74, 6) is 0.183. The minimum atomic E-state index is -0.460. The van der Waals surface area contributed by atoms with Crippen LogP contribution in [0.1, 0.15) is 51.0 Å². The van der Waals surface area contributed by atoms with Crippen LogP contribution in [0.5, 0.6) is 5.75 Å². The van der Waals surface area contributed by atoms with Gasteiger partial charge in [0.25, 0.3) is 0 Å². The number of hydrogen-bond donors (Lipinski definition) is 0. The van der Waals surface area contributed by atoms with Crippen LogP contribution in [0.4, 0.5) is 0 Å². The topological polar surface area (TPSA) is 71.1 Å². The molecule has 0 aliphatic carbocycles. The Morgan fingerprint density at radius 2 is 1.85 bits per heavy atom. The van der Waals surface area contributed by atoms with Crippen LogP contribution in [0.2, 0.25) is 0 Å². The molecular formula is C21H30O6. The Balaban J connectivity index is 1.52. The van der Waals surface area contributed by atoms with E-state index in [0.29, 0.717) is 26.2 Å². The predicted molar refractivity (Wildman–Crippen MR) is 101 cm³/mol. The van der Waals surface area contributed by atoms with E-state index >= 15 is 0 Å². The zero-order chi connectivity index (χ0) is 19.3. The Morgan fingerprint density at radius 1 is 1.07 bits per heavy atom. The highest BCUT2D eigenvalue weighted by Crippen LogP contribution is 2.16. The Kier molecular flexibility index (Phi) is 9.87. The first-order chi connectivity index (χ1) is 13.1. The smallest absolute Gasteiger partial charge is 0.313 e. The maximum atomic E-state index is 11.2. The summed E-state index contributed by atoms with van der Waals surface area (Å²) in [6.07, 6.45) is 5.45. The third-order valence-electron chi connectivity index (χ3n) is 4.22.